The Labute approximate surface area is 123 Å². The molecule has 0 aromatic heterocycles. The molecule has 0 heterocycles. The molecule has 1 aliphatic rings. The van der Waals surface area contributed by atoms with E-state index in [4.69, 9.17) is 0 Å². The molecule has 0 saturated heterocycles. The Hall–Kier alpha value is -0.610. The average Bonchev–Trinajstić information content (AvgIpc) is 2.79. The van der Waals surface area contributed by atoms with Crippen LogP contribution in [0.5, 0.6) is 0 Å². The number of nitrogens with zero attached hydrogens (tertiary/aromatic N) is 1. The Morgan fingerprint density at radius 2 is 2.10 bits per heavy atom. The van der Waals surface area contributed by atoms with Gasteiger partial charge in [0.05, 0.1) is 0 Å². The van der Waals surface area contributed by atoms with Crippen molar-refractivity contribution in [1.82, 2.24) is 10.2 Å². The van der Waals surface area contributed by atoms with E-state index in [-0.39, 0.29) is 5.92 Å². The first-order chi connectivity index (χ1) is 9.47. The van der Waals surface area contributed by atoms with Crippen molar-refractivity contribution in [3.63, 3.8) is 0 Å². The Morgan fingerprint density at radius 3 is 2.60 bits per heavy atom. The number of hydrogen-bond acceptors (Lipinski definition) is 3. The predicted octanol–water partition coefficient (Wildman–Crippen LogP) is 2.73. The summed E-state index contributed by atoms with van der Waals surface area (Å²) >= 11 is 0. The van der Waals surface area contributed by atoms with Gasteiger partial charge in [0.25, 0.3) is 0 Å². The third-order valence-electron chi connectivity index (χ3n) is 4.70. The largest absolute Gasteiger partial charge is 0.480 e. The molecule has 0 radical (unpaired) electrons. The number of aliphatic carboxylic acids is 1. The van der Waals surface area contributed by atoms with Gasteiger partial charge in [0.15, 0.2) is 0 Å². The summed E-state index contributed by atoms with van der Waals surface area (Å²) in [4.78, 5) is 14.2. The molecule has 1 aliphatic carbocycles. The van der Waals surface area contributed by atoms with Gasteiger partial charge in [0.2, 0.25) is 0 Å². The third-order valence-corrected chi connectivity index (χ3v) is 4.70. The molecular weight excluding hydrogens is 252 g/mol. The minimum absolute atomic E-state index is 0.262. The second-order valence-corrected chi connectivity index (χ2v) is 6.31. The summed E-state index contributed by atoms with van der Waals surface area (Å²) in [6.45, 7) is 11.5. The lowest BCUT2D eigenvalue weighted by Gasteiger charge is -2.34. The monoisotopic (exact) mass is 284 g/mol. The number of carbonyl (C=O) groups is 1. The Morgan fingerprint density at radius 1 is 1.40 bits per heavy atom. The van der Waals surface area contributed by atoms with Crippen LogP contribution in [0.4, 0.5) is 0 Å². The standard InChI is InChI=1S/C16H32N2O2/c1-5-11-18(13(3)4)12-9-14-8-7-10-16(14,15(19)20)17-6-2/h13-14,17H,5-12H2,1-4H3,(H,19,20). The molecule has 0 aromatic carbocycles. The number of likely N-dealkylation sites (N-methyl/N-ethyl adjacent to an activating group) is 1. The van der Waals surface area contributed by atoms with E-state index in [1.165, 1.54) is 0 Å². The van der Waals surface area contributed by atoms with E-state index < -0.39 is 11.5 Å². The summed E-state index contributed by atoms with van der Waals surface area (Å²) in [5.74, 6) is -0.397. The molecule has 1 rings (SSSR count). The molecule has 0 aliphatic heterocycles. The Kier molecular flexibility index (Phi) is 6.96. The average molecular weight is 284 g/mol. The number of rotatable bonds is 9. The molecule has 1 saturated carbocycles. The normalized spacial score (nSPS) is 26.6. The zero-order chi connectivity index (χ0) is 15.2. The van der Waals surface area contributed by atoms with E-state index in [0.29, 0.717) is 6.04 Å². The summed E-state index contributed by atoms with van der Waals surface area (Å²) < 4.78 is 0. The lowest BCUT2D eigenvalue weighted by molar-refractivity contribution is -0.146. The summed E-state index contributed by atoms with van der Waals surface area (Å²) in [5, 5.41) is 12.9. The molecule has 20 heavy (non-hydrogen) atoms. The maximum atomic E-state index is 11.8. The van der Waals surface area contributed by atoms with E-state index in [0.717, 1.165) is 51.7 Å². The molecule has 0 bridgehead atoms. The molecule has 2 atom stereocenters. The van der Waals surface area contributed by atoms with E-state index in [9.17, 15) is 9.90 Å². The quantitative estimate of drug-likeness (QED) is 0.683. The minimum atomic E-state index is -0.677. The van der Waals surface area contributed by atoms with Crippen LogP contribution in [0.15, 0.2) is 0 Å². The van der Waals surface area contributed by atoms with Crippen molar-refractivity contribution >= 4 is 5.97 Å². The fourth-order valence-electron chi connectivity index (χ4n) is 3.61. The van der Waals surface area contributed by atoms with Crippen LogP contribution >= 0.6 is 0 Å². The molecule has 0 amide bonds. The summed E-state index contributed by atoms with van der Waals surface area (Å²) in [5.41, 5.74) is -0.677. The van der Waals surface area contributed by atoms with Crippen molar-refractivity contribution in [2.24, 2.45) is 5.92 Å². The number of nitrogens with one attached hydrogen (secondary N) is 1. The molecule has 4 heteroatoms. The Balaban J connectivity index is 2.66. The first kappa shape index (κ1) is 17.4. The number of carboxylic acids is 1. The fraction of sp³-hybridized carbons (Fsp3) is 0.938. The Bertz CT molecular complexity index is 307. The van der Waals surface area contributed by atoms with Crippen molar-refractivity contribution in [3.05, 3.63) is 0 Å². The molecule has 2 N–H and O–H groups in total. The highest BCUT2D eigenvalue weighted by atomic mass is 16.4. The maximum absolute atomic E-state index is 11.8. The molecular formula is C16H32N2O2. The molecule has 1 fully saturated rings. The van der Waals surface area contributed by atoms with Gasteiger partial charge < -0.3 is 15.3 Å². The van der Waals surface area contributed by atoms with Crippen LogP contribution < -0.4 is 5.32 Å². The molecule has 0 aromatic rings. The molecule has 2 unspecified atom stereocenters. The lowest BCUT2D eigenvalue weighted by atomic mass is 9.84. The second-order valence-electron chi connectivity index (χ2n) is 6.31. The summed E-state index contributed by atoms with van der Waals surface area (Å²) in [6, 6.07) is 0.537. The number of carboxylic acid groups (broad SMARTS) is 1. The van der Waals surface area contributed by atoms with Crippen LogP contribution in [0.1, 0.15) is 59.8 Å². The fourth-order valence-corrected chi connectivity index (χ4v) is 3.61. The van der Waals surface area contributed by atoms with Gasteiger partial charge in [0, 0.05) is 6.04 Å². The highest BCUT2D eigenvalue weighted by molar-refractivity contribution is 5.79. The van der Waals surface area contributed by atoms with Gasteiger partial charge in [0.1, 0.15) is 5.54 Å². The van der Waals surface area contributed by atoms with Crippen LogP contribution in [0, 0.1) is 5.92 Å². The topological polar surface area (TPSA) is 52.6 Å². The van der Waals surface area contributed by atoms with Gasteiger partial charge in [-0.2, -0.15) is 0 Å². The predicted molar refractivity (Wildman–Crippen MR) is 83.0 cm³/mol. The van der Waals surface area contributed by atoms with Crippen LogP contribution in [0.3, 0.4) is 0 Å². The van der Waals surface area contributed by atoms with Gasteiger partial charge in [-0.15, -0.1) is 0 Å². The van der Waals surface area contributed by atoms with Gasteiger partial charge in [-0.3, -0.25) is 4.79 Å². The first-order valence-electron chi connectivity index (χ1n) is 8.20. The van der Waals surface area contributed by atoms with Crippen molar-refractivity contribution in [3.8, 4) is 0 Å². The van der Waals surface area contributed by atoms with Crippen LogP contribution in [-0.4, -0.2) is 47.2 Å². The molecule has 118 valence electrons. The van der Waals surface area contributed by atoms with Gasteiger partial charge in [-0.1, -0.05) is 20.3 Å². The van der Waals surface area contributed by atoms with Gasteiger partial charge >= 0.3 is 5.97 Å². The SMILES string of the molecule is CCCN(CCC1CCCC1(NCC)C(=O)O)C(C)C. The van der Waals surface area contributed by atoms with Crippen LogP contribution in [0.2, 0.25) is 0 Å². The second kappa shape index (κ2) is 7.99. The molecule has 4 nitrogen and oxygen atoms in total. The first-order valence-corrected chi connectivity index (χ1v) is 8.20. The highest BCUT2D eigenvalue weighted by Crippen LogP contribution is 2.38. The summed E-state index contributed by atoms with van der Waals surface area (Å²) in [7, 11) is 0. The molecule has 0 spiro atoms. The van der Waals surface area contributed by atoms with Crippen molar-refractivity contribution in [1.29, 1.82) is 0 Å². The van der Waals surface area contributed by atoms with Crippen molar-refractivity contribution < 1.29 is 9.90 Å². The number of hydrogen-bond donors (Lipinski definition) is 2. The zero-order valence-electron chi connectivity index (χ0n) is 13.6. The van der Waals surface area contributed by atoms with Crippen LogP contribution in [0.25, 0.3) is 0 Å². The zero-order valence-corrected chi connectivity index (χ0v) is 13.6. The minimum Gasteiger partial charge on any atom is -0.480 e. The van der Waals surface area contributed by atoms with E-state index >= 15 is 0 Å². The van der Waals surface area contributed by atoms with Crippen LogP contribution in [-0.2, 0) is 4.79 Å². The summed E-state index contributed by atoms with van der Waals surface area (Å²) in [6.07, 6.45) is 4.98. The van der Waals surface area contributed by atoms with Gasteiger partial charge in [-0.25, -0.2) is 0 Å². The lowest BCUT2D eigenvalue weighted by Crippen LogP contribution is -2.55. The smallest absolute Gasteiger partial charge is 0.324 e. The van der Waals surface area contributed by atoms with Crippen molar-refractivity contribution in [2.75, 3.05) is 19.6 Å². The van der Waals surface area contributed by atoms with Gasteiger partial charge in [-0.05, 0) is 65.1 Å². The maximum Gasteiger partial charge on any atom is 0.324 e. The third kappa shape index (κ3) is 3.95. The van der Waals surface area contributed by atoms with Crippen molar-refractivity contribution in [2.45, 2.75) is 71.4 Å². The van der Waals surface area contributed by atoms with E-state index in [2.05, 4.69) is 31.0 Å². The highest BCUT2D eigenvalue weighted by Gasteiger charge is 2.48. The van der Waals surface area contributed by atoms with E-state index in [1.54, 1.807) is 0 Å². The van der Waals surface area contributed by atoms with E-state index in [1.807, 2.05) is 6.92 Å².